The molecule has 0 radical (unpaired) electrons. The van der Waals surface area contributed by atoms with Crippen molar-refractivity contribution < 1.29 is 24.2 Å². The lowest BCUT2D eigenvalue weighted by Crippen LogP contribution is -2.57. The van der Waals surface area contributed by atoms with Gasteiger partial charge in [-0.2, -0.15) is 0 Å². The van der Waals surface area contributed by atoms with E-state index in [1.54, 1.807) is 12.1 Å². The standard InChI is InChI=1S/C33H27NO5/c1-38-27-12-11-21-16-25-24-17-26(35)28(39-2)18-33(24,30(21)31(27)36)13-14-34(25)32(37)29-22-9-5-3-7-19(22)15-20-8-4-6-10-23(20)29/h3-12,15,17-18,25,36H,13-14,16H2,1-2H3/t25-,33+/m1/s1. The molecule has 0 spiro atoms. The Labute approximate surface area is 225 Å². The zero-order chi connectivity index (χ0) is 26.9. The summed E-state index contributed by atoms with van der Waals surface area (Å²) in [6.07, 6.45) is 4.44. The van der Waals surface area contributed by atoms with E-state index in [1.807, 2.05) is 65.6 Å². The summed E-state index contributed by atoms with van der Waals surface area (Å²) in [5.74, 6) is 0.403. The van der Waals surface area contributed by atoms with Gasteiger partial charge in [0.15, 0.2) is 17.3 Å². The Hall–Kier alpha value is -4.58. The van der Waals surface area contributed by atoms with E-state index < -0.39 is 5.41 Å². The average molecular weight is 518 g/mol. The van der Waals surface area contributed by atoms with Gasteiger partial charge in [-0.1, -0.05) is 54.6 Å². The van der Waals surface area contributed by atoms with Crippen molar-refractivity contribution in [3.63, 3.8) is 0 Å². The molecule has 6 nitrogen and oxygen atoms in total. The van der Waals surface area contributed by atoms with Crippen LogP contribution in [0.4, 0.5) is 0 Å². The first-order valence-electron chi connectivity index (χ1n) is 13.1. The molecule has 6 heteroatoms. The topological polar surface area (TPSA) is 76.1 Å². The lowest BCUT2D eigenvalue weighted by molar-refractivity contribution is -0.114. The molecule has 1 heterocycles. The van der Waals surface area contributed by atoms with Crippen LogP contribution >= 0.6 is 0 Å². The van der Waals surface area contributed by atoms with E-state index in [2.05, 4.69) is 6.07 Å². The molecule has 1 amide bonds. The molecule has 4 aromatic carbocycles. The Morgan fingerprint density at radius 3 is 2.33 bits per heavy atom. The van der Waals surface area contributed by atoms with Crippen LogP contribution in [-0.2, 0) is 21.4 Å². The van der Waals surface area contributed by atoms with Crippen molar-refractivity contribution in [1.82, 2.24) is 4.90 Å². The Balaban J connectivity index is 1.44. The highest BCUT2D eigenvalue weighted by Gasteiger charge is 2.54. The van der Waals surface area contributed by atoms with Crippen LogP contribution in [0.2, 0.25) is 0 Å². The predicted molar refractivity (Wildman–Crippen MR) is 149 cm³/mol. The molecule has 39 heavy (non-hydrogen) atoms. The van der Waals surface area contributed by atoms with Crippen molar-refractivity contribution in [1.29, 1.82) is 0 Å². The molecule has 2 atom stereocenters. The Morgan fingerprint density at radius 1 is 0.974 bits per heavy atom. The number of likely N-dealkylation sites (tertiary alicyclic amines) is 1. The van der Waals surface area contributed by atoms with E-state index in [4.69, 9.17) is 9.47 Å². The van der Waals surface area contributed by atoms with Gasteiger partial charge < -0.3 is 19.5 Å². The third-order valence-electron chi connectivity index (χ3n) is 8.68. The maximum atomic E-state index is 14.6. The minimum absolute atomic E-state index is 0.0577. The first-order chi connectivity index (χ1) is 19.0. The number of amides is 1. The fourth-order valence-corrected chi connectivity index (χ4v) is 6.96. The van der Waals surface area contributed by atoms with Gasteiger partial charge in [-0.05, 0) is 69.8 Å². The molecule has 0 saturated carbocycles. The van der Waals surface area contributed by atoms with E-state index >= 15 is 0 Å². The second-order valence-electron chi connectivity index (χ2n) is 10.5. The van der Waals surface area contributed by atoms with Crippen LogP contribution in [0.5, 0.6) is 11.5 Å². The minimum atomic E-state index is -0.770. The molecule has 3 aliphatic rings. The number of ether oxygens (including phenoxy) is 2. The van der Waals surface area contributed by atoms with Crippen molar-refractivity contribution >= 4 is 33.2 Å². The lowest BCUT2D eigenvalue weighted by atomic mass is 9.58. The van der Waals surface area contributed by atoms with E-state index in [-0.39, 0.29) is 29.2 Å². The number of benzene rings is 4. The summed E-state index contributed by atoms with van der Waals surface area (Å²) in [6.45, 7) is 0.455. The minimum Gasteiger partial charge on any atom is -0.504 e. The monoisotopic (exact) mass is 517 g/mol. The highest BCUT2D eigenvalue weighted by molar-refractivity contribution is 6.18. The first kappa shape index (κ1) is 23.5. The van der Waals surface area contributed by atoms with Crippen LogP contribution in [0.1, 0.15) is 27.9 Å². The normalized spacial score (nSPS) is 21.6. The lowest BCUT2D eigenvalue weighted by Gasteiger charge is -2.53. The zero-order valence-electron chi connectivity index (χ0n) is 21.7. The summed E-state index contributed by atoms with van der Waals surface area (Å²) < 4.78 is 10.9. The number of phenolic OH excluding ortho intramolecular Hbond substituents is 1. The van der Waals surface area contributed by atoms with Gasteiger partial charge in [0.25, 0.3) is 5.91 Å². The van der Waals surface area contributed by atoms with Gasteiger partial charge in [-0.15, -0.1) is 0 Å². The number of fused-ring (bicyclic) bond motifs is 3. The number of nitrogens with zero attached hydrogens (tertiary/aromatic N) is 1. The molecule has 4 aromatic rings. The SMILES string of the molecule is COC1=C[C@]23CCN(C(=O)c4c5ccccc5cc5ccccc45)[C@H](Cc4ccc(OC)c(O)c42)C3=CC1=O. The van der Waals surface area contributed by atoms with Crippen LogP contribution in [0.15, 0.2) is 90.2 Å². The van der Waals surface area contributed by atoms with E-state index in [1.165, 1.54) is 14.2 Å². The van der Waals surface area contributed by atoms with Crippen molar-refractivity contribution in [3.05, 3.63) is 107 Å². The van der Waals surface area contributed by atoms with Crippen LogP contribution in [-0.4, -0.2) is 48.5 Å². The highest BCUT2D eigenvalue weighted by Crippen LogP contribution is 2.56. The second kappa shape index (κ2) is 8.46. The van der Waals surface area contributed by atoms with Crippen molar-refractivity contribution in [2.75, 3.05) is 20.8 Å². The molecule has 2 aliphatic carbocycles. The van der Waals surface area contributed by atoms with E-state index in [0.29, 0.717) is 30.7 Å². The van der Waals surface area contributed by atoms with Crippen LogP contribution in [0.3, 0.4) is 0 Å². The highest BCUT2D eigenvalue weighted by atomic mass is 16.5. The fourth-order valence-electron chi connectivity index (χ4n) is 6.96. The first-order valence-corrected chi connectivity index (χ1v) is 13.1. The third-order valence-corrected chi connectivity index (χ3v) is 8.68. The fraction of sp³-hybridized carbons (Fsp3) is 0.212. The summed E-state index contributed by atoms with van der Waals surface area (Å²) in [4.78, 5) is 29.6. The number of aromatic hydroxyl groups is 1. The number of hydrogen-bond donors (Lipinski definition) is 1. The quantitative estimate of drug-likeness (QED) is 0.366. The van der Waals surface area contributed by atoms with Crippen molar-refractivity contribution in [3.8, 4) is 11.5 Å². The molecule has 1 N–H and O–H groups in total. The molecular formula is C33H27NO5. The zero-order valence-corrected chi connectivity index (χ0v) is 21.7. The molecule has 7 rings (SSSR count). The van der Waals surface area contributed by atoms with Gasteiger partial charge in [0.1, 0.15) is 0 Å². The van der Waals surface area contributed by atoms with Crippen LogP contribution in [0.25, 0.3) is 21.5 Å². The van der Waals surface area contributed by atoms with Crippen LogP contribution < -0.4 is 4.74 Å². The smallest absolute Gasteiger partial charge is 0.255 e. The number of piperidine rings is 1. The summed E-state index contributed by atoms with van der Waals surface area (Å²) in [6, 6.07) is 21.4. The summed E-state index contributed by atoms with van der Waals surface area (Å²) in [5, 5.41) is 15.1. The maximum absolute atomic E-state index is 14.6. The number of methoxy groups -OCH3 is 2. The molecule has 0 aromatic heterocycles. The molecule has 194 valence electrons. The van der Waals surface area contributed by atoms with Gasteiger partial charge >= 0.3 is 0 Å². The number of allylic oxidation sites excluding steroid dienone is 2. The third kappa shape index (κ3) is 3.21. The number of carbonyl (C=O) groups excluding carboxylic acids is 2. The number of ketones is 1. The van der Waals surface area contributed by atoms with E-state index in [9.17, 15) is 14.7 Å². The molecule has 1 saturated heterocycles. The average Bonchev–Trinajstić information content (AvgIpc) is 2.95. The Bertz CT molecular complexity index is 1730. The summed E-state index contributed by atoms with van der Waals surface area (Å²) in [7, 11) is 3.01. The van der Waals surface area contributed by atoms with E-state index in [0.717, 1.165) is 38.2 Å². The van der Waals surface area contributed by atoms with Crippen molar-refractivity contribution in [2.24, 2.45) is 0 Å². The maximum Gasteiger partial charge on any atom is 0.255 e. The van der Waals surface area contributed by atoms with Gasteiger partial charge in [0, 0.05) is 17.5 Å². The van der Waals surface area contributed by atoms with Gasteiger partial charge in [0.2, 0.25) is 5.78 Å². The number of phenols is 1. The largest absolute Gasteiger partial charge is 0.504 e. The second-order valence-corrected chi connectivity index (χ2v) is 10.5. The summed E-state index contributed by atoms with van der Waals surface area (Å²) in [5.41, 5.74) is 2.38. The molecule has 1 aliphatic heterocycles. The molecule has 2 bridgehead atoms. The number of hydrogen-bond acceptors (Lipinski definition) is 5. The molecule has 0 unspecified atom stereocenters. The van der Waals surface area contributed by atoms with Crippen LogP contribution in [0, 0.1) is 0 Å². The Kier molecular flexibility index (Phi) is 5.11. The van der Waals surface area contributed by atoms with Gasteiger partial charge in [-0.3, -0.25) is 9.59 Å². The summed E-state index contributed by atoms with van der Waals surface area (Å²) >= 11 is 0. The Morgan fingerprint density at radius 2 is 1.67 bits per heavy atom. The van der Waals surface area contributed by atoms with Gasteiger partial charge in [-0.25, -0.2) is 0 Å². The number of carbonyl (C=O) groups is 2. The van der Waals surface area contributed by atoms with Gasteiger partial charge in [0.05, 0.1) is 25.8 Å². The number of rotatable bonds is 3. The predicted octanol–water partition coefficient (Wildman–Crippen LogP) is 5.46. The molecular weight excluding hydrogens is 490 g/mol. The van der Waals surface area contributed by atoms with Crippen molar-refractivity contribution in [2.45, 2.75) is 24.3 Å². The molecule has 1 fully saturated rings.